The predicted octanol–water partition coefficient (Wildman–Crippen LogP) is 3.69. The number of hydrogen-bond donors (Lipinski definition) is 0. The van der Waals surface area contributed by atoms with Gasteiger partial charge in [-0.25, -0.2) is 4.79 Å². The van der Waals surface area contributed by atoms with Gasteiger partial charge in [0.15, 0.2) is 11.7 Å². The van der Waals surface area contributed by atoms with Crippen molar-refractivity contribution < 1.29 is 23.7 Å². The fourth-order valence-corrected chi connectivity index (χ4v) is 3.00. The van der Waals surface area contributed by atoms with Gasteiger partial charge in [0.25, 0.3) is 0 Å². The van der Waals surface area contributed by atoms with Gasteiger partial charge in [-0.15, -0.1) is 0 Å². The number of esters is 1. The maximum absolute atomic E-state index is 12.6. The Balaban J connectivity index is 1.98. The van der Waals surface area contributed by atoms with Crippen LogP contribution in [0.4, 0.5) is 0 Å². The molecule has 0 bridgehead atoms. The Kier molecular flexibility index (Phi) is 4.67. The van der Waals surface area contributed by atoms with Crippen LogP contribution in [0.5, 0.6) is 11.5 Å². The molecule has 0 aromatic heterocycles. The first-order valence-electron chi connectivity index (χ1n) is 8.50. The van der Waals surface area contributed by atoms with Crippen molar-refractivity contribution in [1.29, 1.82) is 0 Å². The van der Waals surface area contributed by atoms with Crippen LogP contribution in [0.15, 0.2) is 48.5 Å². The van der Waals surface area contributed by atoms with Crippen LogP contribution in [0.25, 0.3) is 0 Å². The topological polar surface area (TPSA) is 57.3 Å². The highest BCUT2D eigenvalue weighted by Gasteiger charge is 2.64. The van der Waals surface area contributed by atoms with Crippen LogP contribution >= 0.6 is 0 Å². The summed E-state index contributed by atoms with van der Waals surface area (Å²) in [6.45, 7) is 5.53. The molecule has 5 nitrogen and oxygen atoms in total. The molecular weight excluding hydrogens is 332 g/mol. The van der Waals surface area contributed by atoms with Crippen molar-refractivity contribution in [2.45, 2.75) is 38.1 Å². The smallest absolute Gasteiger partial charge is 0.339 e. The third-order valence-electron chi connectivity index (χ3n) is 4.27. The van der Waals surface area contributed by atoms with Crippen LogP contribution < -0.4 is 9.47 Å². The van der Waals surface area contributed by atoms with E-state index in [0.717, 1.165) is 22.6 Å². The lowest BCUT2D eigenvalue weighted by Crippen LogP contribution is -2.30. The predicted molar refractivity (Wildman–Crippen MR) is 97.5 cm³/mol. The molecule has 0 aliphatic carbocycles. The molecular formula is C21H24O5. The fourth-order valence-electron chi connectivity index (χ4n) is 3.00. The molecule has 2 aromatic carbocycles. The molecule has 2 aromatic rings. The minimum Gasteiger partial charge on any atom is -0.497 e. The maximum Gasteiger partial charge on any atom is 0.339 e. The number of carbonyl (C=O) groups excluding carboxylic acids is 1. The second-order valence-corrected chi connectivity index (χ2v) is 7.22. The highest BCUT2D eigenvalue weighted by molar-refractivity contribution is 5.82. The second kappa shape index (κ2) is 6.65. The van der Waals surface area contributed by atoms with Crippen LogP contribution in [0.3, 0.4) is 0 Å². The summed E-state index contributed by atoms with van der Waals surface area (Å²) in [5.41, 5.74) is 0.314. The van der Waals surface area contributed by atoms with Crippen molar-refractivity contribution in [3.05, 3.63) is 59.7 Å². The molecule has 3 rings (SSSR count). The van der Waals surface area contributed by atoms with E-state index in [1.165, 1.54) is 0 Å². The first kappa shape index (κ1) is 18.3. The molecule has 0 spiro atoms. The molecule has 1 aliphatic heterocycles. The number of epoxide rings is 1. The van der Waals surface area contributed by atoms with Gasteiger partial charge in [-0.1, -0.05) is 24.3 Å². The van der Waals surface area contributed by atoms with E-state index < -0.39 is 17.3 Å². The summed E-state index contributed by atoms with van der Waals surface area (Å²) in [5, 5.41) is 0. The molecule has 5 heteroatoms. The normalized spacial score (nSPS) is 18.1. The molecule has 1 unspecified atom stereocenters. The summed E-state index contributed by atoms with van der Waals surface area (Å²) in [5.74, 6) is 1.12. The number of benzene rings is 2. The minimum atomic E-state index is -0.860. The molecule has 1 aliphatic rings. The maximum atomic E-state index is 12.6. The van der Waals surface area contributed by atoms with Crippen LogP contribution in [0.2, 0.25) is 0 Å². The summed E-state index contributed by atoms with van der Waals surface area (Å²) < 4.78 is 22.0. The Morgan fingerprint density at radius 2 is 1.31 bits per heavy atom. The van der Waals surface area contributed by atoms with Crippen LogP contribution in [0.1, 0.15) is 31.9 Å². The van der Waals surface area contributed by atoms with E-state index in [2.05, 4.69) is 0 Å². The van der Waals surface area contributed by atoms with Gasteiger partial charge < -0.3 is 18.9 Å². The Labute approximate surface area is 153 Å². The largest absolute Gasteiger partial charge is 0.497 e. The van der Waals surface area contributed by atoms with E-state index in [4.69, 9.17) is 18.9 Å². The van der Waals surface area contributed by atoms with Gasteiger partial charge in [0.05, 0.1) is 14.2 Å². The third-order valence-corrected chi connectivity index (χ3v) is 4.27. The zero-order valence-electron chi connectivity index (χ0n) is 15.7. The lowest BCUT2D eigenvalue weighted by molar-refractivity contribution is -0.156. The van der Waals surface area contributed by atoms with E-state index in [1.807, 2.05) is 69.3 Å². The Hall–Kier alpha value is -2.53. The Morgan fingerprint density at radius 1 is 0.885 bits per heavy atom. The van der Waals surface area contributed by atoms with E-state index in [9.17, 15) is 4.79 Å². The van der Waals surface area contributed by atoms with Gasteiger partial charge in [0.1, 0.15) is 17.1 Å². The van der Waals surface area contributed by atoms with Gasteiger partial charge in [-0.05, 0) is 56.2 Å². The summed E-state index contributed by atoms with van der Waals surface area (Å²) in [6.07, 6.45) is -0.691. The number of rotatable bonds is 5. The van der Waals surface area contributed by atoms with Crippen molar-refractivity contribution in [2.24, 2.45) is 0 Å². The van der Waals surface area contributed by atoms with E-state index in [-0.39, 0.29) is 5.97 Å². The molecule has 0 amide bonds. The van der Waals surface area contributed by atoms with Gasteiger partial charge in [0.2, 0.25) is 0 Å². The summed E-state index contributed by atoms with van der Waals surface area (Å²) in [4.78, 5) is 12.6. The van der Waals surface area contributed by atoms with Crippen molar-refractivity contribution in [3.63, 3.8) is 0 Å². The molecule has 0 N–H and O–H groups in total. The van der Waals surface area contributed by atoms with Crippen molar-refractivity contribution in [1.82, 2.24) is 0 Å². The number of methoxy groups -OCH3 is 2. The molecule has 0 radical (unpaired) electrons. The molecule has 1 atom stereocenters. The molecule has 138 valence electrons. The second-order valence-electron chi connectivity index (χ2n) is 7.22. The number of hydrogen-bond acceptors (Lipinski definition) is 5. The van der Waals surface area contributed by atoms with Gasteiger partial charge in [0, 0.05) is 0 Å². The standard InChI is InChI=1S/C21H24O5/c1-20(2,3)26-19(22)18-21(25-18,14-6-10-16(23-4)11-7-14)15-8-12-17(24-5)13-9-15/h6-13,18H,1-5H3. The SMILES string of the molecule is COc1ccc(C2(c3ccc(OC)cc3)OC2C(=O)OC(C)(C)C)cc1. The quantitative estimate of drug-likeness (QED) is 0.604. The highest BCUT2D eigenvalue weighted by Crippen LogP contribution is 2.53. The van der Waals surface area contributed by atoms with Crippen LogP contribution in [0, 0.1) is 0 Å². The average Bonchev–Trinajstić information content (AvgIpc) is 3.37. The van der Waals surface area contributed by atoms with Gasteiger partial charge in [-0.3, -0.25) is 0 Å². The summed E-state index contributed by atoms with van der Waals surface area (Å²) in [7, 11) is 3.23. The highest BCUT2D eigenvalue weighted by atomic mass is 16.7. The average molecular weight is 356 g/mol. The first-order valence-corrected chi connectivity index (χ1v) is 8.50. The van der Waals surface area contributed by atoms with Crippen LogP contribution in [-0.2, 0) is 19.9 Å². The van der Waals surface area contributed by atoms with Gasteiger partial charge >= 0.3 is 5.97 Å². The first-order chi connectivity index (χ1) is 12.3. The van der Waals surface area contributed by atoms with Gasteiger partial charge in [-0.2, -0.15) is 0 Å². The summed E-state index contributed by atoms with van der Waals surface area (Å²) >= 11 is 0. The number of carbonyl (C=O) groups is 1. The zero-order valence-corrected chi connectivity index (χ0v) is 15.7. The van der Waals surface area contributed by atoms with E-state index in [0.29, 0.717) is 0 Å². The van der Waals surface area contributed by atoms with E-state index >= 15 is 0 Å². The van der Waals surface area contributed by atoms with Crippen molar-refractivity contribution in [3.8, 4) is 11.5 Å². The minimum absolute atomic E-state index is 0.371. The Morgan fingerprint density at radius 3 is 1.65 bits per heavy atom. The molecule has 1 heterocycles. The summed E-state index contributed by atoms with van der Waals surface area (Å²) in [6, 6.07) is 15.1. The number of ether oxygens (including phenoxy) is 4. The van der Waals surface area contributed by atoms with Crippen LogP contribution in [-0.4, -0.2) is 31.9 Å². The molecule has 0 saturated carbocycles. The monoisotopic (exact) mass is 356 g/mol. The molecule has 1 fully saturated rings. The molecule has 1 saturated heterocycles. The lowest BCUT2D eigenvalue weighted by Gasteiger charge is -2.20. The third kappa shape index (κ3) is 3.40. The Bertz CT molecular complexity index is 724. The van der Waals surface area contributed by atoms with Crippen molar-refractivity contribution >= 4 is 5.97 Å². The zero-order chi connectivity index (χ0) is 18.9. The van der Waals surface area contributed by atoms with Crippen molar-refractivity contribution in [2.75, 3.05) is 14.2 Å². The fraction of sp³-hybridized carbons (Fsp3) is 0.381. The lowest BCUT2D eigenvalue weighted by atomic mass is 9.87. The molecule has 26 heavy (non-hydrogen) atoms. The van der Waals surface area contributed by atoms with E-state index in [1.54, 1.807) is 14.2 Å².